The fourth-order valence-corrected chi connectivity index (χ4v) is 3.66. The van der Waals surface area contributed by atoms with Crippen molar-refractivity contribution in [2.24, 2.45) is 4.99 Å². The average Bonchev–Trinajstić information content (AvgIpc) is 3.06. The Morgan fingerprint density at radius 1 is 1.17 bits per heavy atom. The number of nitrogens with zero attached hydrogens (tertiary/aromatic N) is 3. The molecule has 1 heterocycles. The molecule has 0 aliphatic carbocycles. The number of hydrogen-bond acceptors (Lipinski definition) is 3. The van der Waals surface area contributed by atoms with Gasteiger partial charge < -0.3 is 10.6 Å². The zero-order valence-corrected chi connectivity index (χ0v) is 19.5. The van der Waals surface area contributed by atoms with Gasteiger partial charge in [0.05, 0.1) is 18.2 Å². The minimum atomic E-state index is 0. The van der Waals surface area contributed by atoms with Crippen molar-refractivity contribution in [3.8, 4) is 6.07 Å². The van der Waals surface area contributed by atoms with Crippen LogP contribution in [0.2, 0.25) is 0 Å². The fraction of sp³-hybridized carbons (Fsp3) is 0.391. The van der Waals surface area contributed by atoms with Crippen molar-refractivity contribution in [3.63, 3.8) is 0 Å². The molecule has 0 spiro atoms. The molecule has 2 aromatic carbocycles. The molecular formula is C23H30IN5. The van der Waals surface area contributed by atoms with Gasteiger partial charge in [0.25, 0.3) is 0 Å². The van der Waals surface area contributed by atoms with Crippen LogP contribution in [0.3, 0.4) is 0 Å². The highest BCUT2D eigenvalue weighted by Crippen LogP contribution is 2.20. The van der Waals surface area contributed by atoms with Crippen LogP contribution in [0.5, 0.6) is 0 Å². The predicted octanol–water partition coefficient (Wildman–Crippen LogP) is 3.89. The maximum atomic E-state index is 9.05. The summed E-state index contributed by atoms with van der Waals surface area (Å²) in [5.74, 6) is 0.837. The van der Waals surface area contributed by atoms with E-state index < -0.39 is 0 Å². The normalized spacial score (nSPS) is 19.3. The quantitative estimate of drug-likeness (QED) is 0.357. The van der Waals surface area contributed by atoms with Crippen LogP contribution in [0.1, 0.15) is 37.0 Å². The molecule has 1 aliphatic heterocycles. The number of hydrogen-bond donors (Lipinski definition) is 2. The lowest BCUT2D eigenvalue weighted by Crippen LogP contribution is -2.44. The first-order valence-electron chi connectivity index (χ1n) is 9.99. The number of rotatable bonds is 6. The Labute approximate surface area is 191 Å². The molecule has 1 aliphatic rings. The zero-order valence-electron chi connectivity index (χ0n) is 17.1. The predicted molar refractivity (Wildman–Crippen MR) is 129 cm³/mol. The van der Waals surface area contributed by atoms with Crippen LogP contribution in [-0.2, 0) is 13.1 Å². The van der Waals surface area contributed by atoms with Crippen molar-refractivity contribution in [3.05, 3.63) is 71.3 Å². The largest absolute Gasteiger partial charge is 0.357 e. The molecule has 0 amide bonds. The number of nitriles is 1. The fourth-order valence-electron chi connectivity index (χ4n) is 3.66. The van der Waals surface area contributed by atoms with E-state index in [0.29, 0.717) is 24.2 Å². The van der Waals surface area contributed by atoms with Gasteiger partial charge in [-0.15, -0.1) is 24.0 Å². The Hall–Kier alpha value is -2.11. The van der Waals surface area contributed by atoms with E-state index in [2.05, 4.69) is 65.8 Å². The van der Waals surface area contributed by atoms with Crippen LogP contribution in [0.4, 0.5) is 0 Å². The van der Waals surface area contributed by atoms with E-state index in [4.69, 9.17) is 10.3 Å². The number of guanidine groups is 1. The maximum absolute atomic E-state index is 9.05. The molecule has 2 atom stereocenters. The first-order chi connectivity index (χ1) is 13.7. The van der Waals surface area contributed by atoms with Gasteiger partial charge in [0, 0.05) is 31.7 Å². The molecule has 2 aromatic rings. The molecule has 2 unspecified atom stereocenters. The summed E-state index contributed by atoms with van der Waals surface area (Å²) in [6.07, 6.45) is 1.10. The van der Waals surface area contributed by atoms with Crippen molar-refractivity contribution < 1.29 is 0 Å². The topological polar surface area (TPSA) is 63.5 Å². The second kappa shape index (κ2) is 11.8. The first kappa shape index (κ1) is 23.2. The molecule has 0 radical (unpaired) electrons. The Kier molecular flexibility index (Phi) is 9.42. The van der Waals surface area contributed by atoms with Crippen molar-refractivity contribution in [1.29, 1.82) is 5.26 Å². The molecule has 0 aromatic heterocycles. The van der Waals surface area contributed by atoms with E-state index in [0.717, 1.165) is 37.6 Å². The molecule has 0 saturated carbocycles. The summed E-state index contributed by atoms with van der Waals surface area (Å²) < 4.78 is 0. The Morgan fingerprint density at radius 2 is 1.93 bits per heavy atom. The van der Waals surface area contributed by atoms with Crippen LogP contribution in [0.15, 0.2) is 59.6 Å². The van der Waals surface area contributed by atoms with Crippen molar-refractivity contribution in [2.75, 3.05) is 13.1 Å². The highest BCUT2D eigenvalue weighted by Gasteiger charge is 2.29. The minimum Gasteiger partial charge on any atom is -0.357 e. The summed E-state index contributed by atoms with van der Waals surface area (Å²) in [7, 11) is 0. The van der Waals surface area contributed by atoms with E-state index >= 15 is 0 Å². The first-order valence-corrected chi connectivity index (χ1v) is 9.99. The molecule has 0 bridgehead atoms. The summed E-state index contributed by atoms with van der Waals surface area (Å²) in [4.78, 5) is 7.24. The van der Waals surface area contributed by atoms with Gasteiger partial charge in [0.15, 0.2) is 5.96 Å². The van der Waals surface area contributed by atoms with Gasteiger partial charge in [0.2, 0.25) is 0 Å². The number of nitrogens with one attached hydrogen (secondary N) is 2. The highest BCUT2D eigenvalue weighted by atomic mass is 127. The van der Waals surface area contributed by atoms with Crippen molar-refractivity contribution in [1.82, 2.24) is 15.5 Å². The second-order valence-corrected chi connectivity index (χ2v) is 7.35. The molecule has 1 saturated heterocycles. The Balaban J connectivity index is 0.00000300. The molecular weight excluding hydrogens is 473 g/mol. The molecule has 2 N–H and O–H groups in total. The van der Waals surface area contributed by atoms with Gasteiger partial charge in [0.1, 0.15) is 0 Å². The second-order valence-electron chi connectivity index (χ2n) is 7.35. The van der Waals surface area contributed by atoms with Gasteiger partial charge >= 0.3 is 0 Å². The van der Waals surface area contributed by atoms with E-state index in [1.54, 1.807) is 0 Å². The van der Waals surface area contributed by atoms with Crippen LogP contribution >= 0.6 is 24.0 Å². The Morgan fingerprint density at radius 3 is 2.66 bits per heavy atom. The summed E-state index contributed by atoms with van der Waals surface area (Å²) in [6.45, 7) is 7.73. The zero-order chi connectivity index (χ0) is 19.8. The van der Waals surface area contributed by atoms with Gasteiger partial charge in [-0.05, 0) is 43.5 Å². The van der Waals surface area contributed by atoms with E-state index in [-0.39, 0.29) is 24.0 Å². The van der Waals surface area contributed by atoms with Crippen LogP contribution in [0, 0.1) is 11.3 Å². The average molecular weight is 503 g/mol. The van der Waals surface area contributed by atoms with Gasteiger partial charge in [-0.2, -0.15) is 5.26 Å². The van der Waals surface area contributed by atoms with Crippen LogP contribution < -0.4 is 10.6 Å². The number of halogens is 1. The van der Waals surface area contributed by atoms with E-state index in [1.165, 1.54) is 5.56 Å². The summed E-state index contributed by atoms with van der Waals surface area (Å²) >= 11 is 0. The highest BCUT2D eigenvalue weighted by molar-refractivity contribution is 14.0. The van der Waals surface area contributed by atoms with Crippen LogP contribution in [0.25, 0.3) is 0 Å². The monoisotopic (exact) mass is 503 g/mol. The molecule has 6 heteroatoms. The SMILES string of the molecule is CCNC(=NCc1cccc(C#N)c1)NC1CC(C)N(Cc2ccccc2)C1.I. The third-order valence-corrected chi connectivity index (χ3v) is 5.09. The molecule has 3 rings (SSSR count). The van der Waals surface area contributed by atoms with Gasteiger partial charge in [-0.3, -0.25) is 4.90 Å². The van der Waals surface area contributed by atoms with Gasteiger partial charge in [-0.1, -0.05) is 42.5 Å². The summed E-state index contributed by atoms with van der Waals surface area (Å²) in [6, 6.07) is 21.4. The molecule has 5 nitrogen and oxygen atoms in total. The third-order valence-electron chi connectivity index (χ3n) is 5.09. The smallest absolute Gasteiger partial charge is 0.191 e. The van der Waals surface area contributed by atoms with Crippen LogP contribution in [-0.4, -0.2) is 36.0 Å². The molecule has 154 valence electrons. The van der Waals surface area contributed by atoms with Crippen molar-refractivity contribution in [2.45, 2.75) is 45.4 Å². The summed E-state index contributed by atoms with van der Waals surface area (Å²) in [5, 5.41) is 16.0. The lowest BCUT2D eigenvalue weighted by Gasteiger charge is -2.21. The molecule has 29 heavy (non-hydrogen) atoms. The third kappa shape index (κ3) is 7.02. The van der Waals surface area contributed by atoms with Gasteiger partial charge in [-0.25, -0.2) is 4.99 Å². The Bertz CT molecular complexity index is 831. The van der Waals surface area contributed by atoms with E-state index in [9.17, 15) is 0 Å². The van der Waals surface area contributed by atoms with E-state index in [1.807, 2.05) is 24.3 Å². The minimum absolute atomic E-state index is 0. The number of likely N-dealkylation sites (tertiary alicyclic amines) is 1. The van der Waals surface area contributed by atoms with Crippen molar-refractivity contribution >= 4 is 29.9 Å². The molecule has 1 fully saturated rings. The summed E-state index contributed by atoms with van der Waals surface area (Å²) in [5.41, 5.74) is 3.07. The number of benzene rings is 2. The lowest BCUT2D eigenvalue weighted by molar-refractivity contribution is 0.258. The standard InChI is InChI=1S/C23H29N5.HI/c1-3-25-23(26-15-21-11-7-10-20(13-21)14-24)27-22-12-18(2)28(17-22)16-19-8-5-4-6-9-19;/h4-11,13,18,22H,3,12,15-17H2,1-2H3,(H2,25,26,27);1H. The lowest BCUT2D eigenvalue weighted by atomic mass is 10.1. The number of aliphatic imine (C=N–C) groups is 1. The maximum Gasteiger partial charge on any atom is 0.191 e.